The topological polar surface area (TPSA) is 89.2 Å². The minimum atomic E-state index is -0.455. The van der Waals surface area contributed by atoms with Crippen molar-refractivity contribution in [2.75, 3.05) is 7.05 Å². The Morgan fingerprint density at radius 1 is 1.32 bits per heavy atom. The van der Waals surface area contributed by atoms with Crippen LogP contribution in [0.25, 0.3) is 0 Å². The van der Waals surface area contributed by atoms with E-state index in [0.29, 0.717) is 5.56 Å². The van der Waals surface area contributed by atoms with Gasteiger partial charge in [0, 0.05) is 25.4 Å². The van der Waals surface area contributed by atoms with Gasteiger partial charge in [0.1, 0.15) is 5.69 Å². The first-order valence-electron chi connectivity index (χ1n) is 6.70. The molecule has 0 saturated heterocycles. The molecule has 7 nitrogen and oxygen atoms in total. The fraction of sp³-hybridized carbons (Fsp3) is 0.267. The monoisotopic (exact) mass is 300 g/mol. The zero-order chi connectivity index (χ0) is 16.3. The summed E-state index contributed by atoms with van der Waals surface area (Å²) in [5, 5.41) is 10.8. The third kappa shape index (κ3) is 3.25. The Hall–Kier alpha value is -2.83. The number of aromatic nitrogens is 2. The first kappa shape index (κ1) is 15.6. The fourth-order valence-electron chi connectivity index (χ4n) is 1.98. The number of nitro groups is 1. The Balaban J connectivity index is 2.22. The SMILES string of the molecule is Cc1cnc(C(=O)N(C)[C@@H](C)c2cccc([N+](=O)[O-])c2)cn1. The van der Waals surface area contributed by atoms with Gasteiger partial charge in [-0.25, -0.2) is 4.98 Å². The zero-order valence-electron chi connectivity index (χ0n) is 12.6. The van der Waals surface area contributed by atoms with Gasteiger partial charge in [0.25, 0.3) is 11.6 Å². The average Bonchev–Trinajstić information content (AvgIpc) is 2.53. The first-order chi connectivity index (χ1) is 10.4. The standard InChI is InChI=1S/C15H16N4O3/c1-10-8-17-14(9-16-10)15(20)18(3)11(2)12-5-4-6-13(7-12)19(21)22/h4-9,11H,1-3H3/t11-/m0/s1. The number of nitro benzene ring substituents is 1. The van der Waals surface area contributed by atoms with Gasteiger partial charge in [0.05, 0.1) is 22.9 Å². The Kier molecular flexibility index (Phi) is 4.45. The number of hydrogen-bond acceptors (Lipinski definition) is 5. The molecule has 0 saturated carbocycles. The van der Waals surface area contributed by atoms with Crippen LogP contribution >= 0.6 is 0 Å². The molecule has 0 aliphatic carbocycles. The third-order valence-electron chi connectivity index (χ3n) is 3.46. The lowest BCUT2D eigenvalue weighted by molar-refractivity contribution is -0.384. The maximum atomic E-state index is 12.4. The minimum Gasteiger partial charge on any atom is -0.334 e. The van der Waals surface area contributed by atoms with Gasteiger partial charge in [0.15, 0.2) is 0 Å². The number of hydrogen-bond donors (Lipinski definition) is 0. The normalized spacial score (nSPS) is 11.8. The smallest absolute Gasteiger partial charge is 0.274 e. The molecule has 0 aliphatic rings. The molecule has 0 spiro atoms. The molecule has 114 valence electrons. The van der Waals surface area contributed by atoms with Crippen LogP contribution in [0.2, 0.25) is 0 Å². The van der Waals surface area contributed by atoms with Crippen molar-refractivity contribution in [1.82, 2.24) is 14.9 Å². The molecule has 1 aromatic heterocycles. The molecule has 1 atom stereocenters. The third-order valence-corrected chi connectivity index (χ3v) is 3.46. The lowest BCUT2D eigenvalue weighted by atomic mass is 10.1. The van der Waals surface area contributed by atoms with E-state index in [2.05, 4.69) is 9.97 Å². The molecule has 2 rings (SSSR count). The van der Waals surface area contributed by atoms with Crippen molar-refractivity contribution in [2.24, 2.45) is 0 Å². The number of benzene rings is 1. The van der Waals surface area contributed by atoms with Gasteiger partial charge >= 0.3 is 0 Å². The van der Waals surface area contributed by atoms with Gasteiger partial charge in [-0.1, -0.05) is 12.1 Å². The van der Waals surface area contributed by atoms with Crippen molar-refractivity contribution < 1.29 is 9.72 Å². The van der Waals surface area contributed by atoms with E-state index in [1.807, 2.05) is 0 Å². The second-order valence-electron chi connectivity index (χ2n) is 4.99. The highest BCUT2D eigenvalue weighted by atomic mass is 16.6. The van der Waals surface area contributed by atoms with Crippen LogP contribution in [0.3, 0.4) is 0 Å². The van der Waals surface area contributed by atoms with Crippen LogP contribution in [0.15, 0.2) is 36.7 Å². The van der Waals surface area contributed by atoms with Crippen LogP contribution in [0.4, 0.5) is 5.69 Å². The van der Waals surface area contributed by atoms with Crippen molar-refractivity contribution >= 4 is 11.6 Å². The van der Waals surface area contributed by atoms with Crippen LogP contribution in [0.5, 0.6) is 0 Å². The summed E-state index contributed by atoms with van der Waals surface area (Å²) in [6.45, 7) is 3.59. The molecule has 1 amide bonds. The second kappa shape index (κ2) is 6.30. The summed E-state index contributed by atoms with van der Waals surface area (Å²) in [6.07, 6.45) is 2.95. The molecule has 0 radical (unpaired) electrons. The number of non-ortho nitro benzene ring substituents is 1. The minimum absolute atomic E-state index is 0.000302. The van der Waals surface area contributed by atoms with E-state index < -0.39 is 4.92 Å². The Labute approximate surface area is 127 Å². The van der Waals surface area contributed by atoms with Crippen molar-refractivity contribution in [2.45, 2.75) is 19.9 Å². The summed E-state index contributed by atoms with van der Waals surface area (Å²) in [4.78, 5) is 32.4. The predicted octanol–water partition coefficient (Wildman–Crippen LogP) is 2.53. The van der Waals surface area contributed by atoms with Gasteiger partial charge in [-0.15, -0.1) is 0 Å². The highest BCUT2D eigenvalue weighted by Gasteiger charge is 2.21. The molecule has 2 aromatic rings. The molecule has 0 aliphatic heterocycles. The number of carbonyl (C=O) groups is 1. The van der Waals surface area contributed by atoms with Crippen molar-refractivity contribution in [3.8, 4) is 0 Å². The van der Waals surface area contributed by atoms with Crippen LogP contribution in [-0.4, -0.2) is 32.7 Å². The summed E-state index contributed by atoms with van der Waals surface area (Å²) in [5.41, 5.74) is 1.65. The van der Waals surface area contributed by atoms with Crippen molar-refractivity contribution in [3.05, 3.63) is 63.7 Å². The van der Waals surface area contributed by atoms with Crippen LogP contribution < -0.4 is 0 Å². The number of carbonyl (C=O) groups excluding carboxylic acids is 1. The molecule has 0 fully saturated rings. The summed E-state index contributed by atoms with van der Waals surface area (Å²) < 4.78 is 0. The maximum Gasteiger partial charge on any atom is 0.274 e. The van der Waals surface area contributed by atoms with E-state index in [9.17, 15) is 14.9 Å². The van der Waals surface area contributed by atoms with E-state index in [-0.39, 0.29) is 23.3 Å². The number of amides is 1. The van der Waals surface area contributed by atoms with Crippen molar-refractivity contribution in [1.29, 1.82) is 0 Å². The summed E-state index contributed by atoms with van der Waals surface area (Å²) >= 11 is 0. The number of nitrogens with zero attached hydrogens (tertiary/aromatic N) is 4. The number of aryl methyl sites for hydroxylation is 1. The molecule has 22 heavy (non-hydrogen) atoms. The van der Waals surface area contributed by atoms with Gasteiger partial charge in [-0.3, -0.25) is 19.9 Å². The van der Waals surface area contributed by atoms with Crippen LogP contribution in [0.1, 0.15) is 34.7 Å². The zero-order valence-corrected chi connectivity index (χ0v) is 12.6. The molecule has 1 aromatic carbocycles. The quantitative estimate of drug-likeness (QED) is 0.639. The summed E-state index contributed by atoms with van der Waals surface area (Å²) in [6, 6.07) is 5.92. The van der Waals surface area contributed by atoms with Crippen LogP contribution in [-0.2, 0) is 0 Å². The predicted molar refractivity (Wildman–Crippen MR) is 80.4 cm³/mol. The molecular weight excluding hydrogens is 284 g/mol. The highest BCUT2D eigenvalue weighted by Crippen LogP contribution is 2.23. The fourth-order valence-corrected chi connectivity index (χ4v) is 1.98. The lowest BCUT2D eigenvalue weighted by Gasteiger charge is -2.24. The van der Waals surface area contributed by atoms with E-state index in [4.69, 9.17) is 0 Å². The lowest BCUT2D eigenvalue weighted by Crippen LogP contribution is -2.30. The van der Waals surface area contributed by atoms with E-state index in [1.54, 1.807) is 33.0 Å². The first-order valence-corrected chi connectivity index (χ1v) is 6.70. The van der Waals surface area contributed by atoms with Crippen LogP contribution in [0, 0.1) is 17.0 Å². The van der Waals surface area contributed by atoms with Gasteiger partial charge < -0.3 is 4.90 Å². The second-order valence-corrected chi connectivity index (χ2v) is 4.99. The molecule has 0 N–H and O–H groups in total. The Morgan fingerprint density at radius 3 is 2.64 bits per heavy atom. The van der Waals surface area contributed by atoms with Gasteiger partial charge in [-0.2, -0.15) is 0 Å². The molecule has 0 unspecified atom stereocenters. The summed E-state index contributed by atoms with van der Waals surface area (Å²) in [7, 11) is 1.63. The molecule has 7 heteroatoms. The van der Waals surface area contributed by atoms with Crippen molar-refractivity contribution in [3.63, 3.8) is 0 Å². The highest BCUT2D eigenvalue weighted by molar-refractivity contribution is 5.92. The maximum absolute atomic E-state index is 12.4. The van der Waals surface area contributed by atoms with Gasteiger partial charge in [-0.05, 0) is 19.4 Å². The Morgan fingerprint density at radius 2 is 2.05 bits per heavy atom. The van der Waals surface area contributed by atoms with E-state index in [1.165, 1.54) is 29.4 Å². The average molecular weight is 300 g/mol. The molecule has 1 heterocycles. The van der Waals surface area contributed by atoms with E-state index in [0.717, 1.165) is 5.69 Å². The van der Waals surface area contributed by atoms with Gasteiger partial charge in [0.2, 0.25) is 0 Å². The largest absolute Gasteiger partial charge is 0.334 e. The molecular formula is C15H16N4O3. The Bertz CT molecular complexity index is 700. The number of rotatable bonds is 4. The summed E-state index contributed by atoms with van der Waals surface area (Å²) in [5.74, 6) is -0.286. The molecule has 0 bridgehead atoms. The van der Waals surface area contributed by atoms with E-state index >= 15 is 0 Å².